The first kappa shape index (κ1) is 16.4. The second-order valence-electron chi connectivity index (χ2n) is 4.85. The topological polar surface area (TPSA) is 57.0 Å². The van der Waals surface area contributed by atoms with Crippen molar-refractivity contribution in [2.45, 2.75) is 6.92 Å². The second-order valence-corrected chi connectivity index (χ2v) is 7.06. The molecule has 0 saturated heterocycles. The lowest BCUT2D eigenvalue weighted by Crippen LogP contribution is -2.20. The van der Waals surface area contributed by atoms with Crippen LogP contribution in [-0.4, -0.2) is 27.5 Å². The van der Waals surface area contributed by atoms with Crippen LogP contribution in [0.1, 0.15) is 10.4 Å². The number of carbonyl (C=O) groups excluding carboxylic acids is 1. The molecule has 2 aromatic carbocycles. The molecule has 3 aromatic rings. The number of rotatable bonds is 3. The summed E-state index contributed by atoms with van der Waals surface area (Å²) in [7, 11) is 0. The van der Waals surface area contributed by atoms with Gasteiger partial charge in [0.25, 0.3) is 5.91 Å². The summed E-state index contributed by atoms with van der Waals surface area (Å²) in [5, 5.41) is 8.35. The van der Waals surface area contributed by atoms with Gasteiger partial charge < -0.3 is 4.74 Å². The van der Waals surface area contributed by atoms with Gasteiger partial charge in [0, 0.05) is 9.50 Å². The molecule has 23 heavy (non-hydrogen) atoms. The smallest absolute Gasteiger partial charge is 0.286 e. The first-order valence-electron chi connectivity index (χ1n) is 6.58. The molecule has 0 N–H and O–H groups in total. The minimum Gasteiger partial charge on any atom is -0.482 e. The van der Waals surface area contributed by atoms with E-state index in [9.17, 15) is 4.79 Å². The molecule has 0 spiro atoms. The van der Waals surface area contributed by atoms with Gasteiger partial charge in [-0.15, -0.1) is 5.10 Å². The Hall–Kier alpha value is -1.44. The number of ether oxygens (including phenoxy) is 1. The maximum absolute atomic E-state index is 12.3. The van der Waals surface area contributed by atoms with E-state index < -0.39 is 0 Å². The molecule has 0 unspecified atom stereocenters. The van der Waals surface area contributed by atoms with Crippen LogP contribution >= 0.6 is 43.5 Å². The fourth-order valence-electron chi connectivity index (χ4n) is 2.15. The van der Waals surface area contributed by atoms with Crippen LogP contribution in [0.15, 0.2) is 39.3 Å². The van der Waals surface area contributed by atoms with E-state index in [4.69, 9.17) is 16.3 Å². The number of halogens is 3. The molecule has 8 heteroatoms. The fourth-order valence-corrected chi connectivity index (χ4v) is 3.87. The molecule has 5 nitrogen and oxygen atoms in total. The average molecular weight is 460 g/mol. The van der Waals surface area contributed by atoms with Gasteiger partial charge in [0.15, 0.2) is 6.61 Å². The minimum absolute atomic E-state index is 0.151. The Balaban J connectivity index is 1.82. The van der Waals surface area contributed by atoms with Crippen LogP contribution in [0.4, 0.5) is 0 Å². The molecular weight excluding hydrogens is 449 g/mol. The predicted octanol–water partition coefficient (Wildman–Crippen LogP) is 4.64. The van der Waals surface area contributed by atoms with E-state index in [1.165, 1.54) is 4.68 Å². The molecule has 0 fully saturated rings. The van der Waals surface area contributed by atoms with Gasteiger partial charge in [-0.2, -0.15) is 4.68 Å². The first-order valence-corrected chi connectivity index (χ1v) is 8.54. The van der Waals surface area contributed by atoms with Crippen LogP contribution < -0.4 is 4.74 Å². The highest BCUT2D eigenvalue weighted by molar-refractivity contribution is 9.11. The van der Waals surface area contributed by atoms with E-state index in [1.54, 1.807) is 18.2 Å². The standard InChI is InChI=1S/C15H10Br2ClN3O2/c1-8-4-9(16)5-11(17)15(8)23-7-14(22)21-13-3-2-10(18)6-12(13)19-20-21/h2-6H,7H2,1H3. The number of aryl methyl sites for hydroxylation is 1. The van der Waals surface area contributed by atoms with Crippen LogP contribution in [-0.2, 0) is 0 Å². The number of benzene rings is 2. The Morgan fingerprint density at radius 2 is 2.09 bits per heavy atom. The highest BCUT2D eigenvalue weighted by Crippen LogP contribution is 2.32. The number of aromatic nitrogens is 3. The van der Waals surface area contributed by atoms with Crippen molar-refractivity contribution in [3.8, 4) is 5.75 Å². The van der Waals surface area contributed by atoms with E-state index in [0.717, 1.165) is 14.5 Å². The summed E-state index contributed by atoms with van der Waals surface area (Å²) in [6, 6.07) is 8.82. The lowest BCUT2D eigenvalue weighted by Gasteiger charge is -2.11. The van der Waals surface area contributed by atoms with E-state index in [-0.39, 0.29) is 12.5 Å². The van der Waals surface area contributed by atoms with Gasteiger partial charge in [0.2, 0.25) is 0 Å². The number of nitrogens with zero attached hydrogens (tertiary/aromatic N) is 3. The molecule has 3 rings (SSSR count). The van der Waals surface area contributed by atoms with Gasteiger partial charge in [-0.25, -0.2) is 0 Å². The Bertz CT molecular complexity index is 888. The largest absolute Gasteiger partial charge is 0.482 e. The van der Waals surface area contributed by atoms with E-state index >= 15 is 0 Å². The Morgan fingerprint density at radius 3 is 2.83 bits per heavy atom. The molecule has 0 atom stereocenters. The molecule has 1 aromatic heterocycles. The molecule has 1 heterocycles. The second kappa shape index (κ2) is 6.59. The number of carbonyl (C=O) groups is 1. The Morgan fingerprint density at radius 1 is 1.30 bits per heavy atom. The van der Waals surface area contributed by atoms with Crippen molar-refractivity contribution in [2.75, 3.05) is 6.61 Å². The maximum atomic E-state index is 12.3. The summed E-state index contributed by atoms with van der Waals surface area (Å²) in [6.07, 6.45) is 0. The van der Waals surface area contributed by atoms with Crippen LogP contribution in [0.25, 0.3) is 11.0 Å². The van der Waals surface area contributed by atoms with Gasteiger partial charge in [0.1, 0.15) is 11.3 Å². The Labute approximate surface area is 153 Å². The molecule has 0 saturated carbocycles. The zero-order chi connectivity index (χ0) is 16.6. The van der Waals surface area contributed by atoms with Crippen molar-refractivity contribution in [3.63, 3.8) is 0 Å². The highest BCUT2D eigenvalue weighted by atomic mass is 79.9. The summed E-state index contributed by atoms with van der Waals surface area (Å²) in [6.45, 7) is 1.75. The van der Waals surface area contributed by atoms with Gasteiger partial charge in [0.05, 0.1) is 9.99 Å². The average Bonchev–Trinajstić information content (AvgIpc) is 2.88. The third kappa shape index (κ3) is 3.41. The molecule has 0 aliphatic carbocycles. The summed E-state index contributed by atoms with van der Waals surface area (Å²) in [5.41, 5.74) is 2.07. The van der Waals surface area contributed by atoms with Crippen molar-refractivity contribution < 1.29 is 9.53 Å². The molecular formula is C15H10Br2ClN3O2. The van der Waals surface area contributed by atoms with Crippen molar-refractivity contribution in [1.82, 2.24) is 15.0 Å². The molecule has 0 bridgehead atoms. The SMILES string of the molecule is Cc1cc(Br)cc(Br)c1OCC(=O)n1nnc2cc(Cl)ccc21. The van der Waals surface area contributed by atoms with Crippen LogP contribution in [0.5, 0.6) is 5.75 Å². The van der Waals surface area contributed by atoms with Crippen molar-refractivity contribution in [1.29, 1.82) is 0 Å². The fraction of sp³-hybridized carbons (Fsp3) is 0.133. The molecule has 0 radical (unpaired) electrons. The molecule has 0 aliphatic rings. The summed E-state index contributed by atoms with van der Waals surface area (Å²) >= 11 is 12.7. The first-order chi connectivity index (χ1) is 11.0. The zero-order valence-corrected chi connectivity index (χ0v) is 15.8. The number of fused-ring (bicyclic) bond motifs is 1. The zero-order valence-electron chi connectivity index (χ0n) is 11.9. The lowest BCUT2D eigenvalue weighted by molar-refractivity contribution is 0.0823. The van der Waals surface area contributed by atoms with E-state index in [0.29, 0.717) is 21.8 Å². The Kier molecular flexibility index (Phi) is 4.70. The van der Waals surface area contributed by atoms with Crippen LogP contribution in [0, 0.1) is 6.92 Å². The highest BCUT2D eigenvalue weighted by Gasteiger charge is 2.15. The van der Waals surface area contributed by atoms with E-state index in [2.05, 4.69) is 42.2 Å². The van der Waals surface area contributed by atoms with Gasteiger partial charge >= 0.3 is 0 Å². The minimum atomic E-state index is -0.316. The quantitative estimate of drug-likeness (QED) is 0.573. The summed E-state index contributed by atoms with van der Waals surface area (Å²) in [4.78, 5) is 12.3. The van der Waals surface area contributed by atoms with Crippen molar-refractivity contribution in [2.24, 2.45) is 0 Å². The van der Waals surface area contributed by atoms with Crippen LogP contribution in [0.3, 0.4) is 0 Å². The summed E-state index contributed by atoms with van der Waals surface area (Å²) < 4.78 is 8.57. The monoisotopic (exact) mass is 457 g/mol. The number of hydrogen-bond donors (Lipinski definition) is 0. The summed E-state index contributed by atoms with van der Waals surface area (Å²) in [5.74, 6) is 0.304. The normalized spacial score (nSPS) is 11.0. The lowest BCUT2D eigenvalue weighted by atomic mass is 10.2. The third-order valence-corrected chi connectivity index (χ3v) is 4.46. The van der Waals surface area contributed by atoms with Crippen molar-refractivity contribution in [3.05, 3.63) is 49.9 Å². The molecule has 0 aliphatic heterocycles. The molecule has 118 valence electrons. The van der Waals surface area contributed by atoms with Gasteiger partial charge in [-0.3, -0.25) is 4.79 Å². The van der Waals surface area contributed by atoms with Gasteiger partial charge in [-0.1, -0.05) is 32.7 Å². The predicted molar refractivity (Wildman–Crippen MR) is 95.2 cm³/mol. The third-order valence-electron chi connectivity index (χ3n) is 3.18. The van der Waals surface area contributed by atoms with E-state index in [1.807, 2.05) is 19.1 Å². The maximum Gasteiger partial charge on any atom is 0.286 e. The van der Waals surface area contributed by atoms with Crippen LogP contribution in [0.2, 0.25) is 5.02 Å². The molecule has 0 amide bonds. The van der Waals surface area contributed by atoms with Gasteiger partial charge in [-0.05, 0) is 58.7 Å². The van der Waals surface area contributed by atoms with Crippen molar-refractivity contribution >= 4 is 60.4 Å². The number of hydrogen-bond acceptors (Lipinski definition) is 4.